The average molecular weight is 277 g/mol. The highest BCUT2D eigenvalue weighted by atomic mass is 35.5. The molecule has 0 radical (unpaired) electrons. The summed E-state index contributed by atoms with van der Waals surface area (Å²) in [7, 11) is 1.33. The van der Waals surface area contributed by atoms with Gasteiger partial charge in [-0.15, -0.1) is 0 Å². The van der Waals surface area contributed by atoms with Crippen LogP contribution in [0.4, 0.5) is 0 Å². The van der Waals surface area contributed by atoms with E-state index in [0.717, 1.165) is 16.7 Å². The summed E-state index contributed by atoms with van der Waals surface area (Å²) in [6.45, 7) is 0.00321. The van der Waals surface area contributed by atoms with Crippen LogP contribution in [0.1, 0.15) is 15.9 Å². The van der Waals surface area contributed by atoms with Gasteiger partial charge in [-0.3, -0.25) is 0 Å². The zero-order valence-corrected chi connectivity index (χ0v) is 11.1. The number of hydrogen-bond acceptors (Lipinski definition) is 3. The molecule has 0 aliphatic heterocycles. The first kappa shape index (κ1) is 13.6. The van der Waals surface area contributed by atoms with Crippen LogP contribution < -0.4 is 0 Å². The van der Waals surface area contributed by atoms with Crippen LogP contribution in [0.2, 0.25) is 5.02 Å². The minimum absolute atomic E-state index is 0.00321. The molecule has 2 aromatic rings. The van der Waals surface area contributed by atoms with Gasteiger partial charge in [-0.05, 0) is 34.9 Å². The maximum atomic E-state index is 11.5. The standard InChI is InChI=1S/C15H13ClO3/c1-19-15(18)13-6-12(7-14(16)8-13)11-4-2-10(9-17)3-5-11/h2-8,17H,9H2,1H3. The lowest BCUT2D eigenvalue weighted by atomic mass is 10.0. The first-order valence-electron chi connectivity index (χ1n) is 5.73. The Balaban J connectivity index is 2.43. The highest BCUT2D eigenvalue weighted by Crippen LogP contribution is 2.25. The number of ether oxygens (including phenoxy) is 1. The van der Waals surface area contributed by atoms with E-state index in [4.69, 9.17) is 16.7 Å². The van der Waals surface area contributed by atoms with Gasteiger partial charge in [0.1, 0.15) is 0 Å². The van der Waals surface area contributed by atoms with E-state index in [0.29, 0.717) is 10.6 Å². The fraction of sp³-hybridized carbons (Fsp3) is 0.133. The Kier molecular flexibility index (Phi) is 4.20. The van der Waals surface area contributed by atoms with Crippen LogP contribution in [-0.4, -0.2) is 18.2 Å². The lowest BCUT2D eigenvalue weighted by molar-refractivity contribution is 0.0601. The third-order valence-electron chi connectivity index (χ3n) is 2.79. The third kappa shape index (κ3) is 3.13. The van der Waals surface area contributed by atoms with Gasteiger partial charge in [0.15, 0.2) is 0 Å². The van der Waals surface area contributed by atoms with Crippen LogP contribution in [0.15, 0.2) is 42.5 Å². The van der Waals surface area contributed by atoms with Crippen molar-refractivity contribution in [1.29, 1.82) is 0 Å². The van der Waals surface area contributed by atoms with Crippen molar-refractivity contribution in [3.8, 4) is 11.1 Å². The Bertz CT molecular complexity index is 591. The van der Waals surface area contributed by atoms with Gasteiger partial charge in [-0.25, -0.2) is 4.79 Å². The molecule has 0 atom stereocenters. The molecule has 98 valence electrons. The Morgan fingerprint density at radius 2 is 1.84 bits per heavy atom. The molecule has 0 unspecified atom stereocenters. The SMILES string of the molecule is COC(=O)c1cc(Cl)cc(-c2ccc(CO)cc2)c1. The van der Waals surface area contributed by atoms with E-state index < -0.39 is 5.97 Å². The molecule has 0 fully saturated rings. The Morgan fingerprint density at radius 1 is 1.16 bits per heavy atom. The highest BCUT2D eigenvalue weighted by molar-refractivity contribution is 6.31. The average Bonchev–Trinajstić information content (AvgIpc) is 2.45. The van der Waals surface area contributed by atoms with E-state index in [9.17, 15) is 4.79 Å². The van der Waals surface area contributed by atoms with E-state index in [1.54, 1.807) is 18.2 Å². The second-order valence-electron chi connectivity index (χ2n) is 4.08. The molecule has 0 aromatic heterocycles. The van der Waals surface area contributed by atoms with Crippen LogP contribution >= 0.6 is 11.6 Å². The van der Waals surface area contributed by atoms with Crippen molar-refractivity contribution in [2.75, 3.05) is 7.11 Å². The van der Waals surface area contributed by atoms with Gasteiger partial charge in [0, 0.05) is 5.02 Å². The number of aliphatic hydroxyl groups excluding tert-OH is 1. The first-order valence-corrected chi connectivity index (χ1v) is 6.11. The van der Waals surface area contributed by atoms with Gasteiger partial charge in [-0.2, -0.15) is 0 Å². The monoisotopic (exact) mass is 276 g/mol. The molecule has 2 aromatic carbocycles. The normalized spacial score (nSPS) is 10.3. The Hall–Kier alpha value is -1.84. The number of esters is 1. The molecular formula is C15H13ClO3. The molecule has 1 N–H and O–H groups in total. The number of rotatable bonds is 3. The quantitative estimate of drug-likeness (QED) is 0.875. The highest BCUT2D eigenvalue weighted by Gasteiger charge is 2.09. The fourth-order valence-electron chi connectivity index (χ4n) is 1.79. The Morgan fingerprint density at radius 3 is 2.42 bits per heavy atom. The van der Waals surface area contributed by atoms with Crippen LogP contribution in [0.3, 0.4) is 0 Å². The molecule has 4 heteroatoms. The van der Waals surface area contributed by atoms with Gasteiger partial charge in [-0.1, -0.05) is 35.9 Å². The number of carbonyl (C=O) groups is 1. The van der Waals surface area contributed by atoms with Crippen LogP contribution in [-0.2, 0) is 11.3 Å². The van der Waals surface area contributed by atoms with Crippen molar-refractivity contribution < 1.29 is 14.6 Å². The molecule has 0 aliphatic rings. The van der Waals surface area contributed by atoms with E-state index in [1.165, 1.54) is 7.11 Å². The Labute approximate surface area is 116 Å². The summed E-state index contributed by atoms with van der Waals surface area (Å²) in [5.74, 6) is -0.421. The summed E-state index contributed by atoms with van der Waals surface area (Å²) in [4.78, 5) is 11.5. The second-order valence-corrected chi connectivity index (χ2v) is 4.51. The molecule has 2 rings (SSSR count). The van der Waals surface area contributed by atoms with Crippen molar-refractivity contribution in [2.24, 2.45) is 0 Å². The second kappa shape index (κ2) is 5.87. The summed E-state index contributed by atoms with van der Waals surface area (Å²) in [6.07, 6.45) is 0. The molecule has 0 saturated carbocycles. The third-order valence-corrected chi connectivity index (χ3v) is 3.01. The van der Waals surface area contributed by atoms with Gasteiger partial charge >= 0.3 is 5.97 Å². The van der Waals surface area contributed by atoms with Crippen molar-refractivity contribution in [3.05, 3.63) is 58.6 Å². The van der Waals surface area contributed by atoms with Gasteiger partial charge in [0.25, 0.3) is 0 Å². The van der Waals surface area contributed by atoms with Crippen LogP contribution in [0.25, 0.3) is 11.1 Å². The van der Waals surface area contributed by atoms with E-state index in [-0.39, 0.29) is 6.61 Å². The maximum Gasteiger partial charge on any atom is 0.337 e. The van der Waals surface area contributed by atoms with Crippen LogP contribution in [0, 0.1) is 0 Å². The summed E-state index contributed by atoms with van der Waals surface area (Å²) >= 11 is 6.01. The lowest BCUT2D eigenvalue weighted by Gasteiger charge is -2.06. The van der Waals surface area contributed by atoms with E-state index >= 15 is 0 Å². The fourth-order valence-corrected chi connectivity index (χ4v) is 2.03. The maximum absolute atomic E-state index is 11.5. The number of hydrogen-bond donors (Lipinski definition) is 1. The minimum Gasteiger partial charge on any atom is -0.465 e. The number of carbonyl (C=O) groups excluding carboxylic acids is 1. The van der Waals surface area contributed by atoms with E-state index in [2.05, 4.69) is 4.74 Å². The largest absolute Gasteiger partial charge is 0.465 e. The summed E-state index contributed by atoms with van der Waals surface area (Å²) in [5, 5.41) is 9.49. The summed E-state index contributed by atoms with van der Waals surface area (Å²) in [6, 6.07) is 12.5. The number of aliphatic hydroxyl groups is 1. The zero-order chi connectivity index (χ0) is 13.8. The topological polar surface area (TPSA) is 46.5 Å². The molecule has 0 saturated heterocycles. The molecule has 0 bridgehead atoms. The number of benzene rings is 2. The molecule has 0 amide bonds. The van der Waals surface area contributed by atoms with Crippen molar-refractivity contribution in [1.82, 2.24) is 0 Å². The lowest BCUT2D eigenvalue weighted by Crippen LogP contribution is -2.01. The first-order chi connectivity index (χ1) is 9.13. The van der Waals surface area contributed by atoms with Gasteiger partial charge < -0.3 is 9.84 Å². The predicted molar refractivity (Wildman–Crippen MR) is 74.2 cm³/mol. The number of halogens is 1. The molecule has 3 nitrogen and oxygen atoms in total. The predicted octanol–water partition coefficient (Wildman–Crippen LogP) is 3.29. The molecular weight excluding hydrogens is 264 g/mol. The summed E-state index contributed by atoms with van der Waals surface area (Å²) < 4.78 is 4.69. The van der Waals surface area contributed by atoms with E-state index in [1.807, 2.05) is 24.3 Å². The molecule has 0 aliphatic carbocycles. The van der Waals surface area contributed by atoms with Crippen LogP contribution in [0.5, 0.6) is 0 Å². The number of methoxy groups -OCH3 is 1. The molecule has 0 spiro atoms. The van der Waals surface area contributed by atoms with Crippen molar-refractivity contribution in [2.45, 2.75) is 6.61 Å². The molecule has 19 heavy (non-hydrogen) atoms. The van der Waals surface area contributed by atoms with Crippen molar-refractivity contribution in [3.63, 3.8) is 0 Å². The van der Waals surface area contributed by atoms with Gasteiger partial charge in [0.2, 0.25) is 0 Å². The van der Waals surface area contributed by atoms with Crippen molar-refractivity contribution >= 4 is 17.6 Å². The van der Waals surface area contributed by atoms with Gasteiger partial charge in [0.05, 0.1) is 19.3 Å². The zero-order valence-electron chi connectivity index (χ0n) is 10.4. The summed E-state index contributed by atoms with van der Waals surface area (Å²) in [5.41, 5.74) is 3.00. The molecule has 0 heterocycles. The minimum atomic E-state index is -0.421. The smallest absolute Gasteiger partial charge is 0.337 e.